The van der Waals surface area contributed by atoms with E-state index in [2.05, 4.69) is 10.6 Å². The molecule has 144 valence electrons. The fraction of sp³-hybridized carbons (Fsp3) is 0.333. The summed E-state index contributed by atoms with van der Waals surface area (Å²) in [7, 11) is 1.61. The summed E-state index contributed by atoms with van der Waals surface area (Å²) in [6, 6.07) is 13.1. The molecule has 0 radical (unpaired) electrons. The van der Waals surface area contributed by atoms with Crippen molar-refractivity contribution in [2.45, 2.75) is 26.7 Å². The van der Waals surface area contributed by atoms with Gasteiger partial charge in [0.05, 0.1) is 20.3 Å². The third-order valence-electron chi connectivity index (χ3n) is 4.07. The third kappa shape index (κ3) is 6.66. The van der Waals surface area contributed by atoms with Crippen LogP contribution in [0.25, 0.3) is 0 Å². The van der Waals surface area contributed by atoms with E-state index >= 15 is 0 Å². The third-order valence-corrected chi connectivity index (χ3v) is 4.07. The largest absolute Gasteiger partial charge is 0.497 e. The van der Waals surface area contributed by atoms with E-state index in [1.807, 2.05) is 56.3 Å². The Kier molecular flexibility index (Phi) is 7.67. The average Bonchev–Trinajstić information content (AvgIpc) is 2.67. The van der Waals surface area contributed by atoms with Crippen LogP contribution in [0.15, 0.2) is 42.5 Å². The topological polar surface area (TPSA) is 76.7 Å². The van der Waals surface area contributed by atoms with Crippen LogP contribution >= 0.6 is 0 Å². The zero-order chi connectivity index (χ0) is 19.6. The first-order chi connectivity index (χ1) is 13.0. The zero-order valence-corrected chi connectivity index (χ0v) is 16.0. The fourth-order valence-corrected chi connectivity index (χ4v) is 2.56. The molecule has 6 heteroatoms. The highest BCUT2D eigenvalue weighted by Crippen LogP contribution is 2.19. The predicted octanol–water partition coefficient (Wildman–Crippen LogP) is 3.23. The lowest BCUT2D eigenvalue weighted by Crippen LogP contribution is -2.33. The Bertz CT molecular complexity index is 752. The molecular formula is C21H26N2O4. The number of carbonyl (C=O) groups excluding carboxylic acids is 2. The summed E-state index contributed by atoms with van der Waals surface area (Å²) in [5, 5.41) is 5.48. The van der Waals surface area contributed by atoms with Crippen LogP contribution in [-0.4, -0.2) is 32.1 Å². The number of para-hydroxylation sites is 1. The van der Waals surface area contributed by atoms with Crippen molar-refractivity contribution in [3.05, 3.63) is 53.6 Å². The number of hydrogen-bond acceptors (Lipinski definition) is 4. The smallest absolute Gasteiger partial charge is 0.243 e. The van der Waals surface area contributed by atoms with Crippen molar-refractivity contribution in [3.8, 4) is 11.5 Å². The molecule has 0 bridgehead atoms. The van der Waals surface area contributed by atoms with Crippen LogP contribution in [0, 0.1) is 13.8 Å². The minimum atomic E-state index is -0.241. The summed E-state index contributed by atoms with van der Waals surface area (Å²) >= 11 is 0. The number of benzene rings is 2. The number of amides is 2. The Morgan fingerprint density at radius 1 is 0.926 bits per heavy atom. The summed E-state index contributed by atoms with van der Waals surface area (Å²) in [6.45, 7) is 4.24. The van der Waals surface area contributed by atoms with Gasteiger partial charge in [0, 0.05) is 12.1 Å². The van der Waals surface area contributed by atoms with Crippen LogP contribution in [0.2, 0.25) is 0 Å². The SMILES string of the molecule is COc1ccc(OCCCC(=O)NCC(=O)Nc2c(C)cccc2C)cc1. The summed E-state index contributed by atoms with van der Waals surface area (Å²) in [4.78, 5) is 23.9. The lowest BCUT2D eigenvalue weighted by molar-refractivity contribution is -0.124. The van der Waals surface area contributed by atoms with Crippen LogP contribution in [0.3, 0.4) is 0 Å². The van der Waals surface area contributed by atoms with Crippen molar-refractivity contribution in [2.24, 2.45) is 0 Å². The number of hydrogen-bond donors (Lipinski definition) is 2. The fourth-order valence-electron chi connectivity index (χ4n) is 2.56. The Morgan fingerprint density at radius 2 is 1.56 bits per heavy atom. The van der Waals surface area contributed by atoms with Gasteiger partial charge in [-0.15, -0.1) is 0 Å². The van der Waals surface area contributed by atoms with Crippen molar-refractivity contribution < 1.29 is 19.1 Å². The molecule has 0 fully saturated rings. The second-order valence-electron chi connectivity index (χ2n) is 6.22. The zero-order valence-electron chi connectivity index (χ0n) is 16.0. The molecule has 0 aliphatic rings. The van der Waals surface area contributed by atoms with Gasteiger partial charge >= 0.3 is 0 Å². The van der Waals surface area contributed by atoms with E-state index in [0.717, 1.165) is 28.3 Å². The van der Waals surface area contributed by atoms with Crippen molar-refractivity contribution in [1.29, 1.82) is 0 Å². The molecule has 2 aromatic rings. The van der Waals surface area contributed by atoms with Crippen LogP contribution < -0.4 is 20.1 Å². The van der Waals surface area contributed by atoms with E-state index in [9.17, 15) is 9.59 Å². The molecule has 27 heavy (non-hydrogen) atoms. The number of ether oxygens (including phenoxy) is 2. The standard InChI is InChI=1S/C21H26N2O4/c1-15-6-4-7-16(2)21(15)23-20(25)14-22-19(24)8-5-13-27-18-11-9-17(26-3)10-12-18/h4,6-7,9-12H,5,8,13-14H2,1-3H3,(H,22,24)(H,23,25). The molecule has 0 spiro atoms. The molecule has 0 atom stereocenters. The van der Waals surface area contributed by atoms with Gasteiger partial charge in [-0.3, -0.25) is 9.59 Å². The van der Waals surface area contributed by atoms with Gasteiger partial charge < -0.3 is 20.1 Å². The molecule has 0 unspecified atom stereocenters. The van der Waals surface area contributed by atoms with Gasteiger partial charge in [0.15, 0.2) is 0 Å². The van der Waals surface area contributed by atoms with Crippen LogP contribution in [0.4, 0.5) is 5.69 Å². The number of aryl methyl sites for hydroxylation is 2. The van der Waals surface area contributed by atoms with Gasteiger partial charge in [-0.1, -0.05) is 18.2 Å². The molecule has 0 aliphatic heterocycles. The molecule has 0 aromatic heterocycles. The summed E-state index contributed by atoms with van der Waals surface area (Å²) in [6.07, 6.45) is 0.864. The molecule has 2 N–H and O–H groups in total. The molecule has 0 aliphatic carbocycles. The van der Waals surface area contributed by atoms with E-state index in [4.69, 9.17) is 9.47 Å². The average molecular weight is 370 g/mol. The summed E-state index contributed by atoms with van der Waals surface area (Å²) in [5.41, 5.74) is 2.78. The molecule has 6 nitrogen and oxygen atoms in total. The second kappa shape index (κ2) is 10.2. The van der Waals surface area contributed by atoms with E-state index < -0.39 is 0 Å². The van der Waals surface area contributed by atoms with Crippen LogP contribution in [0.5, 0.6) is 11.5 Å². The van der Waals surface area contributed by atoms with E-state index in [0.29, 0.717) is 19.4 Å². The van der Waals surface area contributed by atoms with Gasteiger partial charge in [-0.2, -0.15) is 0 Å². The first-order valence-electron chi connectivity index (χ1n) is 8.89. The van der Waals surface area contributed by atoms with E-state index in [-0.39, 0.29) is 18.4 Å². The lowest BCUT2D eigenvalue weighted by atomic mass is 10.1. The Morgan fingerprint density at radius 3 is 2.19 bits per heavy atom. The van der Waals surface area contributed by atoms with E-state index in [1.165, 1.54) is 0 Å². The lowest BCUT2D eigenvalue weighted by Gasteiger charge is -2.12. The summed E-state index contributed by atoms with van der Waals surface area (Å²) in [5.74, 6) is 1.07. The molecular weight excluding hydrogens is 344 g/mol. The van der Waals surface area contributed by atoms with Crippen molar-refractivity contribution in [2.75, 3.05) is 25.6 Å². The first-order valence-corrected chi connectivity index (χ1v) is 8.89. The van der Waals surface area contributed by atoms with Gasteiger partial charge in [0.2, 0.25) is 11.8 Å². The highest BCUT2D eigenvalue weighted by Gasteiger charge is 2.09. The quantitative estimate of drug-likeness (QED) is 0.665. The van der Waals surface area contributed by atoms with Crippen molar-refractivity contribution >= 4 is 17.5 Å². The van der Waals surface area contributed by atoms with Crippen LogP contribution in [0.1, 0.15) is 24.0 Å². The van der Waals surface area contributed by atoms with Gasteiger partial charge in [0.1, 0.15) is 11.5 Å². The summed E-state index contributed by atoms with van der Waals surface area (Å²) < 4.78 is 10.7. The number of anilines is 1. The number of rotatable bonds is 9. The monoisotopic (exact) mass is 370 g/mol. The minimum Gasteiger partial charge on any atom is -0.497 e. The number of methoxy groups -OCH3 is 1. The Labute approximate surface area is 159 Å². The molecule has 2 amide bonds. The first kappa shape index (κ1) is 20.3. The highest BCUT2D eigenvalue weighted by atomic mass is 16.5. The van der Waals surface area contributed by atoms with Crippen molar-refractivity contribution in [1.82, 2.24) is 5.32 Å². The number of carbonyl (C=O) groups is 2. The molecule has 2 aromatic carbocycles. The maximum atomic E-state index is 12.0. The van der Waals surface area contributed by atoms with Gasteiger partial charge in [0.25, 0.3) is 0 Å². The van der Waals surface area contributed by atoms with Gasteiger partial charge in [-0.05, 0) is 55.7 Å². The molecule has 0 saturated carbocycles. The Balaban J connectivity index is 1.64. The molecule has 0 saturated heterocycles. The number of nitrogens with one attached hydrogen (secondary N) is 2. The highest BCUT2D eigenvalue weighted by molar-refractivity contribution is 5.95. The van der Waals surface area contributed by atoms with Gasteiger partial charge in [-0.25, -0.2) is 0 Å². The maximum absolute atomic E-state index is 12.0. The molecule has 0 heterocycles. The minimum absolute atomic E-state index is 0.0497. The van der Waals surface area contributed by atoms with Crippen molar-refractivity contribution in [3.63, 3.8) is 0 Å². The normalized spacial score (nSPS) is 10.2. The van der Waals surface area contributed by atoms with Crippen LogP contribution in [-0.2, 0) is 9.59 Å². The van der Waals surface area contributed by atoms with E-state index in [1.54, 1.807) is 7.11 Å². The second-order valence-corrected chi connectivity index (χ2v) is 6.22. The maximum Gasteiger partial charge on any atom is 0.243 e. The predicted molar refractivity (Wildman–Crippen MR) is 105 cm³/mol. The molecule has 2 rings (SSSR count). The Hall–Kier alpha value is -3.02.